The summed E-state index contributed by atoms with van der Waals surface area (Å²) in [6, 6.07) is 4.56. The first-order chi connectivity index (χ1) is 9.36. The average molecular weight is 345 g/mol. The minimum absolute atomic E-state index is 0.503. The number of nitrogens with one attached hydrogen (secondary N) is 2. The van der Waals surface area contributed by atoms with E-state index in [1.165, 1.54) is 0 Å². The molecule has 3 N–H and O–H groups in total. The molecule has 0 aliphatic carbocycles. The lowest BCUT2D eigenvalue weighted by Gasteiger charge is -2.08. The number of imide groups is 1. The van der Waals surface area contributed by atoms with Crippen LogP contribution in [0.2, 0.25) is 0 Å². The van der Waals surface area contributed by atoms with Gasteiger partial charge in [0.15, 0.2) is 0 Å². The first kappa shape index (κ1) is 16.1. The van der Waals surface area contributed by atoms with Crippen molar-refractivity contribution in [2.24, 2.45) is 0 Å². The van der Waals surface area contributed by atoms with Crippen LogP contribution < -0.4 is 10.6 Å². The molecule has 0 atom stereocenters. The largest absolute Gasteiger partial charge is 0.480 e. The van der Waals surface area contributed by atoms with E-state index in [-0.39, 0.29) is 0 Å². The number of urea groups is 1. The Hall–Kier alpha value is -1.93. The van der Waals surface area contributed by atoms with Gasteiger partial charge in [0.1, 0.15) is 13.2 Å². The summed E-state index contributed by atoms with van der Waals surface area (Å²) in [5, 5.41) is 12.8. The molecular formula is C12H13BrN2O5. The van der Waals surface area contributed by atoms with Gasteiger partial charge in [0.25, 0.3) is 5.91 Å². The molecular weight excluding hydrogens is 332 g/mol. The Balaban J connectivity index is 2.43. The summed E-state index contributed by atoms with van der Waals surface area (Å²) in [5.74, 6) is -1.91. The topological polar surface area (TPSA) is 105 Å². The van der Waals surface area contributed by atoms with Crippen molar-refractivity contribution >= 4 is 39.5 Å². The maximum atomic E-state index is 11.5. The summed E-state index contributed by atoms with van der Waals surface area (Å²) in [6.45, 7) is 0.760. The molecule has 0 aliphatic rings. The molecule has 1 rings (SSSR count). The van der Waals surface area contributed by atoms with Gasteiger partial charge in [-0.15, -0.1) is 0 Å². The number of carboxylic acids is 1. The van der Waals surface area contributed by atoms with Crippen molar-refractivity contribution in [3.8, 4) is 0 Å². The number of aliphatic carboxylic acids is 1. The third kappa shape index (κ3) is 6.30. The Labute approximate surface area is 123 Å². The quantitative estimate of drug-likeness (QED) is 0.750. The lowest BCUT2D eigenvalue weighted by molar-refractivity contribution is -0.143. The fourth-order valence-electron chi connectivity index (χ4n) is 1.36. The van der Waals surface area contributed by atoms with Crippen LogP contribution in [-0.2, 0) is 14.3 Å². The summed E-state index contributed by atoms with van der Waals surface area (Å²) in [7, 11) is 0. The first-order valence-corrected chi connectivity index (χ1v) is 6.33. The second kappa shape index (κ2) is 7.61. The molecule has 0 saturated carbocycles. The van der Waals surface area contributed by atoms with Gasteiger partial charge in [0.2, 0.25) is 0 Å². The summed E-state index contributed by atoms with van der Waals surface area (Å²) in [6.07, 6.45) is 0. The normalized spacial score (nSPS) is 9.90. The molecule has 0 radical (unpaired) electrons. The maximum Gasteiger partial charge on any atom is 0.329 e. The number of hydrogen-bond acceptors (Lipinski definition) is 4. The van der Waals surface area contributed by atoms with Gasteiger partial charge in [-0.3, -0.25) is 10.1 Å². The third-order valence-electron chi connectivity index (χ3n) is 2.01. The van der Waals surface area contributed by atoms with Crippen LogP contribution in [0.3, 0.4) is 0 Å². The van der Waals surface area contributed by atoms with Gasteiger partial charge in [-0.2, -0.15) is 0 Å². The molecule has 0 spiro atoms. The highest BCUT2D eigenvalue weighted by Gasteiger charge is 2.09. The SMILES string of the molecule is Cc1cc(Br)cc(NC(=O)NC(=O)COCC(=O)O)c1. The number of benzene rings is 1. The van der Waals surface area contributed by atoms with E-state index in [0.717, 1.165) is 10.0 Å². The number of aryl methyl sites for hydroxylation is 1. The first-order valence-electron chi connectivity index (χ1n) is 5.54. The minimum Gasteiger partial charge on any atom is -0.480 e. The van der Waals surface area contributed by atoms with Crippen molar-refractivity contribution in [3.05, 3.63) is 28.2 Å². The van der Waals surface area contributed by atoms with Crippen molar-refractivity contribution < 1.29 is 24.2 Å². The molecule has 0 heterocycles. The van der Waals surface area contributed by atoms with Crippen LogP contribution in [0.5, 0.6) is 0 Å². The standard InChI is InChI=1S/C12H13BrN2O5/c1-7-2-8(13)4-9(3-7)14-12(19)15-10(16)5-20-6-11(17)18/h2-4H,5-6H2,1H3,(H,17,18)(H2,14,15,16,19). The highest BCUT2D eigenvalue weighted by atomic mass is 79.9. The van der Waals surface area contributed by atoms with E-state index in [0.29, 0.717) is 5.69 Å². The van der Waals surface area contributed by atoms with Crippen LogP contribution in [-0.4, -0.2) is 36.2 Å². The van der Waals surface area contributed by atoms with E-state index in [9.17, 15) is 14.4 Å². The van der Waals surface area contributed by atoms with Gasteiger partial charge in [0.05, 0.1) is 0 Å². The number of carboxylic acid groups (broad SMARTS) is 1. The Kier molecular flexibility index (Phi) is 6.13. The summed E-state index contributed by atoms with van der Waals surface area (Å²) in [5.41, 5.74) is 1.46. The molecule has 1 aromatic carbocycles. The van der Waals surface area contributed by atoms with E-state index in [2.05, 4.69) is 26.0 Å². The van der Waals surface area contributed by atoms with Gasteiger partial charge < -0.3 is 15.2 Å². The number of anilines is 1. The molecule has 0 bridgehead atoms. The Morgan fingerprint density at radius 1 is 1.25 bits per heavy atom. The fraction of sp³-hybridized carbons (Fsp3) is 0.250. The third-order valence-corrected chi connectivity index (χ3v) is 2.47. The summed E-state index contributed by atoms with van der Waals surface area (Å²) < 4.78 is 5.34. The predicted molar refractivity (Wildman–Crippen MR) is 74.5 cm³/mol. The number of hydrogen-bond donors (Lipinski definition) is 3. The second-order valence-corrected chi connectivity index (χ2v) is 4.82. The van der Waals surface area contributed by atoms with Crippen molar-refractivity contribution in [1.29, 1.82) is 0 Å². The van der Waals surface area contributed by atoms with E-state index in [4.69, 9.17) is 5.11 Å². The lowest BCUT2D eigenvalue weighted by atomic mass is 10.2. The van der Waals surface area contributed by atoms with Crippen LogP contribution in [0.25, 0.3) is 0 Å². The molecule has 8 heteroatoms. The van der Waals surface area contributed by atoms with Crippen LogP contribution >= 0.6 is 15.9 Å². The highest BCUT2D eigenvalue weighted by Crippen LogP contribution is 2.18. The molecule has 0 fully saturated rings. The zero-order chi connectivity index (χ0) is 15.1. The van der Waals surface area contributed by atoms with Crippen LogP contribution in [0.4, 0.5) is 10.5 Å². The van der Waals surface area contributed by atoms with Gasteiger partial charge in [-0.25, -0.2) is 9.59 Å². The van der Waals surface area contributed by atoms with Crippen LogP contribution in [0.15, 0.2) is 22.7 Å². The highest BCUT2D eigenvalue weighted by molar-refractivity contribution is 9.10. The number of ether oxygens (including phenoxy) is 1. The van der Waals surface area contributed by atoms with Gasteiger partial charge >= 0.3 is 12.0 Å². The summed E-state index contributed by atoms with van der Waals surface area (Å²) >= 11 is 3.29. The van der Waals surface area contributed by atoms with Crippen LogP contribution in [0.1, 0.15) is 5.56 Å². The molecule has 1 aromatic rings. The molecule has 0 aliphatic heterocycles. The molecule has 0 unspecified atom stereocenters. The fourth-order valence-corrected chi connectivity index (χ4v) is 1.97. The van der Waals surface area contributed by atoms with Crippen LogP contribution in [0, 0.1) is 6.92 Å². The molecule has 3 amide bonds. The zero-order valence-electron chi connectivity index (χ0n) is 10.6. The molecule has 0 aromatic heterocycles. The van der Waals surface area contributed by atoms with Crippen molar-refractivity contribution in [1.82, 2.24) is 5.32 Å². The zero-order valence-corrected chi connectivity index (χ0v) is 12.2. The molecule has 108 valence electrons. The molecule has 0 saturated heterocycles. The predicted octanol–water partition coefficient (Wildman–Crippen LogP) is 1.51. The number of halogens is 1. The van der Waals surface area contributed by atoms with E-state index in [1.54, 1.807) is 12.1 Å². The van der Waals surface area contributed by atoms with Gasteiger partial charge in [0, 0.05) is 10.2 Å². The summed E-state index contributed by atoms with van der Waals surface area (Å²) in [4.78, 5) is 32.9. The van der Waals surface area contributed by atoms with Crippen molar-refractivity contribution in [2.45, 2.75) is 6.92 Å². The number of amides is 3. The van der Waals surface area contributed by atoms with E-state index < -0.39 is 31.1 Å². The number of carbonyl (C=O) groups excluding carboxylic acids is 2. The van der Waals surface area contributed by atoms with E-state index in [1.807, 2.05) is 18.3 Å². The Morgan fingerprint density at radius 3 is 2.55 bits per heavy atom. The lowest BCUT2D eigenvalue weighted by Crippen LogP contribution is -2.37. The number of rotatable bonds is 5. The average Bonchev–Trinajstić information content (AvgIpc) is 2.25. The monoisotopic (exact) mass is 344 g/mol. The Bertz CT molecular complexity index is 512. The smallest absolute Gasteiger partial charge is 0.329 e. The maximum absolute atomic E-state index is 11.5. The van der Waals surface area contributed by atoms with Gasteiger partial charge in [-0.05, 0) is 30.7 Å². The minimum atomic E-state index is -1.19. The van der Waals surface area contributed by atoms with Crippen molar-refractivity contribution in [2.75, 3.05) is 18.5 Å². The van der Waals surface area contributed by atoms with Crippen molar-refractivity contribution in [3.63, 3.8) is 0 Å². The van der Waals surface area contributed by atoms with Gasteiger partial charge in [-0.1, -0.05) is 15.9 Å². The number of carbonyl (C=O) groups is 3. The Morgan fingerprint density at radius 2 is 1.95 bits per heavy atom. The molecule has 20 heavy (non-hydrogen) atoms. The molecule has 7 nitrogen and oxygen atoms in total. The van der Waals surface area contributed by atoms with E-state index >= 15 is 0 Å². The second-order valence-electron chi connectivity index (χ2n) is 3.91.